The van der Waals surface area contributed by atoms with E-state index in [0.717, 1.165) is 47.5 Å². The number of carbonyl (C=O) groups excluding carboxylic acids is 3. The number of carbonyl (C=O) groups is 3. The van der Waals surface area contributed by atoms with E-state index in [1.165, 1.54) is 10.9 Å². The summed E-state index contributed by atoms with van der Waals surface area (Å²) in [5, 5.41) is 8.48. The maximum absolute atomic E-state index is 12.3. The monoisotopic (exact) mass is 604 g/mol. The molecule has 11 heteroatoms. The van der Waals surface area contributed by atoms with Crippen LogP contribution in [0.15, 0.2) is 60.9 Å². The molecular formula is C33H40N4O7. The summed E-state index contributed by atoms with van der Waals surface area (Å²) in [6.07, 6.45) is 6.69. The van der Waals surface area contributed by atoms with Gasteiger partial charge in [-0.1, -0.05) is 37.6 Å². The van der Waals surface area contributed by atoms with Crippen LogP contribution >= 0.6 is 0 Å². The number of methoxy groups -OCH3 is 2. The molecule has 44 heavy (non-hydrogen) atoms. The number of benzene rings is 2. The number of hydrogen-bond donors (Lipinski definition) is 0. The lowest BCUT2D eigenvalue weighted by molar-refractivity contribution is 0.0501. The van der Waals surface area contributed by atoms with Crippen molar-refractivity contribution in [3.05, 3.63) is 94.6 Å². The standard InChI is InChI=1S/C18H24N2O3.C15H16N2O4/c1-4-6-7-15-12-19-20(17(15)18(21)23-5-2)13-14-8-10-16(22-3)11-9-14;1-3-21-15(19)14-12(10-18)8-16-17(14)9-11-4-6-13(20-2)7-5-11/h8-12H,4-7,13H2,1-3H3;4-8,10H,3,9H2,1-2H3. The highest BCUT2D eigenvalue weighted by Crippen LogP contribution is 2.18. The van der Waals surface area contributed by atoms with Crippen molar-refractivity contribution < 1.29 is 33.3 Å². The summed E-state index contributed by atoms with van der Waals surface area (Å²) in [6, 6.07) is 15.1. The molecule has 0 saturated heterocycles. The number of esters is 2. The summed E-state index contributed by atoms with van der Waals surface area (Å²) in [7, 11) is 3.24. The van der Waals surface area contributed by atoms with Crippen LogP contribution in [0, 0.1) is 0 Å². The number of hydrogen-bond acceptors (Lipinski definition) is 9. The van der Waals surface area contributed by atoms with Crippen molar-refractivity contribution in [2.75, 3.05) is 27.4 Å². The summed E-state index contributed by atoms with van der Waals surface area (Å²) in [5.74, 6) is 0.706. The van der Waals surface area contributed by atoms with Gasteiger partial charge in [0, 0.05) is 5.56 Å². The van der Waals surface area contributed by atoms with E-state index in [4.69, 9.17) is 18.9 Å². The Morgan fingerprint density at radius 3 is 1.66 bits per heavy atom. The van der Waals surface area contributed by atoms with Crippen LogP contribution in [0.1, 0.15) is 81.6 Å². The van der Waals surface area contributed by atoms with Gasteiger partial charge in [-0.15, -0.1) is 0 Å². The summed E-state index contributed by atoms with van der Waals surface area (Å²) in [6.45, 7) is 7.16. The Kier molecular flexibility index (Phi) is 13.2. The summed E-state index contributed by atoms with van der Waals surface area (Å²) in [5.41, 5.74) is 3.91. The second-order valence-electron chi connectivity index (χ2n) is 9.64. The Morgan fingerprint density at radius 1 is 0.727 bits per heavy atom. The topological polar surface area (TPSA) is 124 Å². The fourth-order valence-corrected chi connectivity index (χ4v) is 4.37. The number of nitrogens with zero attached hydrogens (tertiary/aromatic N) is 4. The third kappa shape index (κ3) is 9.03. The van der Waals surface area contributed by atoms with Crippen LogP contribution < -0.4 is 9.47 Å². The van der Waals surface area contributed by atoms with Crippen molar-refractivity contribution in [3.8, 4) is 11.5 Å². The molecule has 4 aromatic rings. The Balaban J connectivity index is 0.000000241. The molecule has 0 bridgehead atoms. The van der Waals surface area contributed by atoms with Crippen molar-refractivity contribution in [2.24, 2.45) is 0 Å². The second-order valence-corrected chi connectivity index (χ2v) is 9.64. The molecular weight excluding hydrogens is 564 g/mol. The van der Waals surface area contributed by atoms with Gasteiger partial charge >= 0.3 is 11.9 Å². The van der Waals surface area contributed by atoms with E-state index < -0.39 is 5.97 Å². The smallest absolute Gasteiger partial charge is 0.357 e. The van der Waals surface area contributed by atoms with E-state index in [1.807, 2.05) is 55.5 Å². The van der Waals surface area contributed by atoms with Crippen LogP contribution in [0.25, 0.3) is 0 Å². The summed E-state index contributed by atoms with van der Waals surface area (Å²) in [4.78, 5) is 35.2. The van der Waals surface area contributed by atoms with Gasteiger partial charge in [-0.2, -0.15) is 10.2 Å². The third-order valence-corrected chi connectivity index (χ3v) is 6.63. The Labute approximate surface area is 257 Å². The molecule has 0 aliphatic carbocycles. The first-order valence-corrected chi connectivity index (χ1v) is 14.5. The number of aromatic nitrogens is 4. The van der Waals surface area contributed by atoms with Crippen LogP contribution in [0.4, 0.5) is 0 Å². The minimum Gasteiger partial charge on any atom is -0.497 e. The number of aryl methyl sites for hydroxylation is 1. The van der Waals surface area contributed by atoms with Gasteiger partial charge in [0.25, 0.3) is 0 Å². The van der Waals surface area contributed by atoms with Crippen LogP contribution in [-0.4, -0.2) is 65.2 Å². The van der Waals surface area contributed by atoms with Crippen LogP contribution in [0.2, 0.25) is 0 Å². The maximum Gasteiger partial charge on any atom is 0.357 e. The molecule has 0 aliphatic rings. The van der Waals surface area contributed by atoms with Crippen molar-refractivity contribution in [1.29, 1.82) is 0 Å². The van der Waals surface area contributed by atoms with Crippen LogP contribution in [0.3, 0.4) is 0 Å². The fraction of sp³-hybridized carbons (Fsp3) is 0.364. The number of aldehydes is 1. The number of rotatable bonds is 14. The van der Waals surface area contributed by atoms with E-state index in [2.05, 4.69) is 17.1 Å². The average molecular weight is 605 g/mol. The molecule has 0 unspecified atom stereocenters. The zero-order valence-electron chi connectivity index (χ0n) is 25.9. The zero-order valence-corrected chi connectivity index (χ0v) is 25.9. The molecule has 0 radical (unpaired) electrons. The molecule has 2 aromatic heterocycles. The van der Waals surface area contributed by atoms with Gasteiger partial charge in [0.1, 0.15) is 17.2 Å². The lowest BCUT2D eigenvalue weighted by atomic mass is 10.1. The zero-order chi connectivity index (χ0) is 31.9. The largest absolute Gasteiger partial charge is 0.497 e. The highest BCUT2D eigenvalue weighted by Gasteiger charge is 2.21. The van der Waals surface area contributed by atoms with Crippen molar-refractivity contribution in [2.45, 2.75) is 53.1 Å². The van der Waals surface area contributed by atoms with Crippen molar-refractivity contribution in [3.63, 3.8) is 0 Å². The first-order valence-electron chi connectivity index (χ1n) is 14.5. The van der Waals surface area contributed by atoms with Gasteiger partial charge in [0.05, 0.1) is 58.5 Å². The quantitative estimate of drug-likeness (QED) is 0.138. The molecule has 0 amide bonds. The molecule has 0 saturated carbocycles. The van der Waals surface area contributed by atoms with Gasteiger partial charge in [-0.25, -0.2) is 9.59 Å². The third-order valence-electron chi connectivity index (χ3n) is 6.63. The van der Waals surface area contributed by atoms with E-state index >= 15 is 0 Å². The first-order chi connectivity index (χ1) is 21.4. The fourth-order valence-electron chi connectivity index (χ4n) is 4.37. The molecule has 11 nitrogen and oxygen atoms in total. The molecule has 0 spiro atoms. The molecule has 0 fully saturated rings. The molecule has 0 aliphatic heterocycles. The Morgan fingerprint density at radius 2 is 1.20 bits per heavy atom. The van der Waals surface area contributed by atoms with Gasteiger partial charge in [-0.3, -0.25) is 14.2 Å². The van der Waals surface area contributed by atoms with E-state index in [-0.39, 0.29) is 23.8 Å². The van der Waals surface area contributed by atoms with E-state index in [9.17, 15) is 14.4 Å². The van der Waals surface area contributed by atoms with Gasteiger partial charge in [-0.05, 0) is 62.1 Å². The van der Waals surface area contributed by atoms with Crippen molar-refractivity contribution >= 4 is 18.2 Å². The molecule has 2 heterocycles. The van der Waals surface area contributed by atoms with E-state index in [0.29, 0.717) is 31.7 Å². The summed E-state index contributed by atoms with van der Waals surface area (Å²) >= 11 is 0. The average Bonchev–Trinajstić information content (AvgIpc) is 3.64. The lowest BCUT2D eigenvalue weighted by Gasteiger charge is -2.09. The first kappa shape index (κ1) is 33.6. The van der Waals surface area contributed by atoms with Crippen LogP contribution in [-0.2, 0) is 29.0 Å². The predicted octanol–water partition coefficient (Wildman–Crippen LogP) is 5.39. The predicted molar refractivity (Wildman–Crippen MR) is 165 cm³/mol. The number of ether oxygens (including phenoxy) is 4. The van der Waals surface area contributed by atoms with Gasteiger partial charge in [0.2, 0.25) is 0 Å². The summed E-state index contributed by atoms with van der Waals surface area (Å²) < 4.78 is 23.6. The number of unbranched alkanes of at least 4 members (excludes halogenated alkanes) is 1. The minimum atomic E-state index is -0.550. The Bertz CT molecular complexity index is 1490. The van der Waals surface area contributed by atoms with Gasteiger partial charge in [0.15, 0.2) is 12.0 Å². The molecule has 2 aromatic carbocycles. The highest BCUT2D eigenvalue weighted by molar-refractivity contribution is 5.96. The second kappa shape index (κ2) is 17.3. The van der Waals surface area contributed by atoms with Gasteiger partial charge < -0.3 is 18.9 Å². The Hall–Kier alpha value is -4.93. The maximum atomic E-state index is 12.3. The lowest BCUT2D eigenvalue weighted by Crippen LogP contribution is -2.16. The molecule has 0 N–H and O–H groups in total. The minimum absolute atomic E-state index is 0.169. The van der Waals surface area contributed by atoms with E-state index in [1.54, 1.807) is 32.0 Å². The molecule has 4 rings (SSSR count). The SMILES string of the molecule is CCCCc1cnn(Cc2ccc(OC)cc2)c1C(=O)OCC.CCOC(=O)c1c(C=O)cnn1Cc1ccc(OC)cc1. The molecule has 234 valence electrons. The van der Waals surface area contributed by atoms with Crippen LogP contribution in [0.5, 0.6) is 11.5 Å². The highest BCUT2D eigenvalue weighted by atomic mass is 16.5. The molecule has 0 atom stereocenters. The normalized spacial score (nSPS) is 10.4. The van der Waals surface area contributed by atoms with Crippen molar-refractivity contribution in [1.82, 2.24) is 19.6 Å².